The van der Waals surface area contributed by atoms with Crippen LogP contribution in [0.4, 0.5) is 13.2 Å². The summed E-state index contributed by atoms with van der Waals surface area (Å²) in [5.41, 5.74) is -1.11. The van der Waals surface area contributed by atoms with E-state index >= 15 is 0 Å². The molecule has 3 rings (SSSR count). The fraction of sp³-hybridized carbons (Fsp3) is 0.417. The number of imidazole rings is 1. The molecule has 102 valence electrons. The summed E-state index contributed by atoms with van der Waals surface area (Å²) in [5, 5.41) is 0.334. The van der Waals surface area contributed by atoms with Gasteiger partial charge >= 0.3 is 6.18 Å². The summed E-state index contributed by atoms with van der Waals surface area (Å²) in [6.07, 6.45) is -4.21. The summed E-state index contributed by atoms with van der Waals surface area (Å²) < 4.78 is 41.0. The van der Waals surface area contributed by atoms with Crippen LogP contribution in [0.5, 0.6) is 0 Å². The largest absolute Gasteiger partial charge is 0.412 e. The molecule has 0 aliphatic heterocycles. The fourth-order valence-corrected chi connectivity index (χ4v) is 2.82. The predicted octanol–water partition coefficient (Wildman–Crippen LogP) is 4.48. The second kappa shape index (κ2) is 4.03. The predicted molar refractivity (Wildman–Crippen MR) is 67.6 cm³/mol. The van der Waals surface area contributed by atoms with Gasteiger partial charge in [-0.1, -0.05) is 17.7 Å². The third-order valence-electron chi connectivity index (χ3n) is 3.50. The maximum Gasteiger partial charge on any atom is 0.412 e. The molecule has 1 saturated carbocycles. The summed E-state index contributed by atoms with van der Waals surface area (Å²) in [7, 11) is 0. The van der Waals surface area contributed by atoms with E-state index in [4.69, 9.17) is 23.2 Å². The van der Waals surface area contributed by atoms with Gasteiger partial charge in [0, 0.05) is 0 Å². The minimum Gasteiger partial charge on any atom is -0.311 e. The third kappa shape index (κ3) is 1.75. The normalized spacial score (nSPS) is 17.9. The molecule has 0 bridgehead atoms. The topological polar surface area (TPSA) is 17.8 Å². The lowest BCUT2D eigenvalue weighted by molar-refractivity contribution is -0.179. The van der Waals surface area contributed by atoms with Crippen LogP contribution in [-0.2, 0) is 11.4 Å². The van der Waals surface area contributed by atoms with Crippen molar-refractivity contribution in [1.29, 1.82) is 0 Å². The van der Waals surface area contributed by atoms with E-state index in [0.29, 0.717) is 16.1 Å². The number of hydrogen-bond donors (Lipinski definition) is 0. The Bertz CT molecular complexity index is 644. The van der Waals surface area contributed by atoms with Gasteiger partial charge in [0.2, 0.25) is 0 Å². The molecule has 7 heteroatoms. The number of nitrogens with zero attached hydrogens (tertiary/aromatic N) is 2. The van der Waals surface area contributed by atoms with Gasteiger partial charge in [-0.25, -0.2) is 4.98 Å². The first kappa shape index (κ1) is 13.1. The molecule has 0 atom stereocenters. The maximum absolute atomic E-state index is 13.3. The third-order valence-corrected chi connectivity index (χ3v) is 4.05. The summed E-state index contributed by atoms with van der Waals surface area (Å²) in [5.74, 6) is 0.127. The second-order valence-electron chi connectivity index (χ2n) is 4.63. The quantitative estimate of drug-likeness (QED) is 0.748. The number of fused-ring (bicyclic) bond motifs is 1. The van der Waals surface area contributed by atoms with Crippen molar-refractivity contribution in [2.75, 3.05) is 0 Å². The number of benzene rings is 1. The number of para-hydroxylation sites is 1. The second-order valence-corrected chi connectivity index (χ2v) is 5.31. The average molecular weight is 309 g/mol. The highest BCUT2D eigenvalue weighted by Crippen LogP contribution is 2.57. The highest BCUT2D eigenvalue weighted by Gasteiger charge is 2.65. The van der Waals surface area contributed by atoms with E-state index in [0.717, 1.165) is 0 Å². The SMILES string of the molecule is FC(F)(F)C1(n2c(CCl)nc3c(Cl)cccc32)CC1. The van der Waals surface area contributed by atoms with Crippen molar-refractivity contribution in [3.8, 4) is 0 Å². The molecule has 1 aliphatic carbocycles. The van der Waals surface area contributed by atoms with E-state index < -0.39 is 11.7 Å². The molecule has 19 heavy (non-hydrogen) atoms. The van der Waals surface area contributed by atoms with Gasteiger partial charge in [-0.3, -0.25) is 0 Å². The van der Waals surface area contributed by atoms with Crippen LogP contribution < -0.4 is 0 Å². The fourth-order valence-electron chi connectivity index (χ4n) is 2.43. The number of aromatic nitrogens is 2. The van der Waals surface area contributed by atoms with Crippen LogP contribution in [0.1, 0.15) is 18.7 Å². The summed E-state index contributed by atoms with van der Waals surface area (Å²) in [4.78, 5) is 4.15. The number of hydrogen-bond acceptors (Lipinski definition) is 1. The number of rotatable bonds is 2. The summed E-state index contributed by atoms with van der Waals surface area (Å²) >= 11 is 11.7. The monoisotopic (exact) mass is 308 g/mol. The molecule has 0 unspecified atom stereocenters. The lowest BCUT2D eigenvalue weighted by Crippen LogP contribution is -2.35. The molecule has 2 aromatic rings. The van der Waals surface area contributed by atoms with Crippen LogP contribution in [-0.4, -0.2) is 15.7 Å². The van der Waals surface area contributed by atoms with Crippen molar-refractivity contribution >= 4 is 34.2 Å². The van der Waals surface area contributed by atoms with E-state index in [1.54, 1.807) is 18.2 Å². The van der Waals surface area contributed by atoms with Crippen LogP contribution in [0, 0.1) is 0 Å². The van der Waals surface area contributed by atoms with Gasteiger partial charge in [-0.2, -0.15) is 13.2 Å². The van der Waals surface area contributed by atoms with Crippen LogP contribution in [0.2, 0.25) is 5.02 Å². The first-order valence-electron chi connectivity index (χ1n) is 5.70. The van der Waals surface area contributed by atoms with Crippen molar-refractivity contribution < 1.29 is 13.2 Å². The van der Waals surface area contributed by atoms with Crippen LogP contribution in [0.3, 0.4) is 0 Å². The Kier molecular flexibility index (Phi) is 2.77. The zero-order valence-corrected chi connectivity index (χ0v) is 11.1. The van der Waals surface area contributed by atoms with Gasteiger partial charge in [0.15, 0.2) is 0 Å². The molecule has 0 radical (unpaired) electrons. The highest BCUT2D eigenvalue weighted by molar-refractivity contribution is 6.35. The first-order chi connectivity index (χ1) is 8.90. The van der Waals surface area contributed by atoms with Crippen molar-refractivity contribution in [1.82, 2.24) is 9.55 Å². The van der Waals surface area contributed by atoms with Crippen molar-refractivity contribution in [2.45, 2.75) is 30.4 Å². The highest BCUT2D eigenvalue weighted by atomic mass is 35.5. The van der Waals surface area contributed by atoms with Gasteiger partial charge in [-0.05, 0) is 25.0 Å². The Hall–Kier alpha value is -0.940. The zero-order chi connectivity index (χ0) is 13.8. The molecule has 1 aliphatic rings. The zero-order valence-electron chi connectivity index (χ0n) is 9.64. The molecule has 1 fully saturated rings. The number of halogens is 5. The smallest absolute Gasteiger partial charge is 0.311 e. The molecule has 2 nitrogen and oxygen atoms in total. The van der Waals surface area contributed by atoms with E-state index in [9.17, 15) is 13.2 Å². The molecule has 0 saturated heterocycles. The van der Waals surface area contributed by atoms with Gasteiger partial charge in [-0.15, -0.1) is 11.6 Å². The van der Waals surface area contributed by atoms with Gasteiger partial charge < -0.3 is 4.57 Å². The lowest BCUT2D eigenvalue weighted by Gasteiger charge is -2.23. The van der Waals surface area contributed by atoms with E-state index in [-0.39, 0.29) is 24.5 Å². The summed E-state index contributed by atoms with van der Waals surface area (Å²) in [6.45, 7) is 0. The number of alkyl halides is 4. The van der Waals surface area contributed by atoms with Crippen LogP contribution >= 0.6 is 23.2 Å². The van der Waals surface area contributed by atoms with E-state index in [2.05, 4.69) is 4.98 Å². The van der Waals surface area contributed by atoms with Crippen molar-refractivity contribution in [3.63, 3.8) is 0 Å². The molecular formula is C12H9Cl2F3N2. The lowest BCUT2D eigenvalue weighted by atomic mass is 10.2. The Morgan fingerprint density at radius 3 is 2.53 bits per heavy atom. The molecule has 0 spiro atoms. The van der Waals surface area contributed by atoms with Gasteiger partial charge in [0.25, 0.3) is 0 Å². The average Bonchev–Trinajstić information content (AvgIpc) is 3.05. The van der Waals surface area contributed by atoms with Gasteiger partial charge in [0.1, 0.15) is 16.9 Å². The first-order valence-corrected chi connectivity index (χ1v) is 6.61. The van der Waals surface area contributed by atoms with E-state index in [1.165, 1.54) is 4.57 Å². The van der Waals surface area contributed by atoms with Crippen LogP contribution in [0.15, 0.2) is 18.2 Å². The maximum atomic E-state index is 13.3. The Morgan fingerprint density at radius 1 is 1.32 bits per heavy atom. The minimum absolute atomic E-state index is 0.0539. The molecule has 1 aromatic heterocycles. The standard InChI is InChI=1S/C12H9Cl2F3N2/c13-6-9-18-10-7(14)2-1-3-8(10)19(9)11(4-5-11)12(15,16)17/h1-3H,4-6H2. The van der Waals surface area contributed by atoms with Crippen molar-refractivity contribution in [3.05, 3.63) is 29.0 Å². The van der Waals surface area contributed by atoms with Crippen LogP contribution in [0.25, 0.3) is 11.0 Å². The Labute approximate surface area is 117 Å². The van der Waals surface area contributed by atoms with Crippen molar-refractivity contribution in [2.24, 2.45) is 0 Å². The summed E-state index contributed by atoms with van der Waals surface area (Å²) in [6, 6.07) is 4.82. The molecule has 0 amide bonds. The molecular weight excluding hydrogens is 300 g/mol. The van der Waals surface area contributed by atoms with E-state index in [1.807, 2.05) is 0 Å². The molecule has 1 aromatic carbocycles. The molecule has 0 N–H and O–H groups in total. The Balaban J connectivity index is 2.32. The Morgan fingerprint density at radius 2 is 2.00 bits per heavy atom. The van der Waals surface area contributed by atoms with Gasteiger partial charge in [0.05, 0.1) is 16.4 Å². The molecule has 1 heterocycles. The minimum atomic E-state index is -4.32.